The molecular formula is C21H21FN2O4. The van der Waals surface area contributed by atoms with Gasteiger partial charge in [0.25, 0.3) is 5.91 Å². The van der Waals surface area contributed by atoms with Crippen LogP contribution in [0.3, 0.4) is 0 Å². The predicted octanol–water partition coefficient (Wildman–Crippen LogP) is 2.54. The third-order valence-electron chi connectivity index (χ3n) is 5.02. The van der Waals surface area contributed by atoms with Crippen LogP contribution in [0.25, 0.3) is 0 Å². The van der Waals surface area contributed by atoms with Crippen molar-refractivity contribution in [3.8, 4) is 5.75 Å². The summed E-state index contributed by atoms with van der Waals surface area (Å²) >= 11 is 0. The molecule has 2 amide bonds. The van der Waals surface area contributed by atoms with Crippen molar-refractivity contribution in [2.24, 2.45) is 0 Å². The molecule has 2 aliphatic rings. The molecule has 0 saturated carbocycles. The Morgan fingerprint density at radius 2 is 1.93 bits per heavy atom. The Morgan fingerprint density at radius 1 is 1.14 bits per heavy atom. The van der Waals surface area contributed by atoms with Gasteiger partial charge in [0.1, 0.15) is 17.7 Å². The average molecular weight is 384 g/mol. The van der Waals surface area contributed by atoms with Gasteiger partial charge >= 0.3 is 0 Å². The Bertz CT molecular complexity index is 871. The standard InChI is InChI=1S/C21H21FN2O4/c22-16-7-5-15(6-8-16)19-13-23(11-12-27-19)20(25)9-10-24-17-3-1-2-4-18(17)28-14-21(24)26/h1-8,19H,9-14H2. The van der Waals surface area contributed by atoms with Crippen LogP contribution in [0.1, 0.15) is 18.1 Å². The van der Waals surface area contributed by atoms with Crippen molar-refractivity contribution in [1.29, 1.82) is 0 Å². The van der Waals surface area contributed by atoms with E-state index in [1.165, 1.54) is 12.1 Å². The molecule has 2 aromatic carbocycles. The molecule has 7 heteroatoms. The van der Waals surface area contributed by atoms with Gasteiger partial charge in [-0.3, -0.25) is 9.59 Å². The molecule has 2 aliphatic heterocycles. The van der Waals surface area contributed by atoms with Gasteiger partial charge in [-0.2, -0.15) is 0 Å². The number of ether oxygens (including phenoxy) is 2. The molecular weight excluding hydrogens is 363 g/mol. The van der Waals surface area contributed by atoms with Crippen molar-refractivity contribution in [3.05, 3.63) is 59.9 Å². The van der Waals surface area contributed by atoms with E-state index in [4.69, 9.17) is 9.47 Å². The van der Waals surface area contributed by atoms with Gasteiger partial charge in [-0.05, 0) is 29.8 Å². The monoisotopic (exact) mass is 384 g/mol. The van der Waals surface area contributed by atoms with E-state index < -0.39 is 0 Å². The lowest BCUT2D eigenvalue weighted by molar-refractivity contribution is -0.138. The van der Waals surface area contributed by atoms with E-state index in [1.54, 1.807) is 21.9 Å². The van der Waals surface area contributed by atoms with Gasteiger partial charge in [-0.1, -0.05) is 24.3 Å². The Balaban J connectivity index is 1.38. The van der Waals surface area contributed by atoms with Gasteiger partial charge in [0.2, 0.25) is 5.91 Å². The molecule has 4 rings (SSSR count). The molecule has 1 atom stereocenters. The molecule has 1 fully saturated rings. The summed E-state index contributed by atoms with van der Waals surface area (Å²) < 4.78 is 24.3. The number of carbonyl (C=O) groups is 2. The van der Waals surface area contributed by atoms with E-state index >= 15 is 0 Å². The first-order chi connectivity index (χ1) is 13.6. The normalized spacial score (nSPS) is 19.2. The molecule has 28 heavy (non-hydrogen) atoms. The quantitative estimate of drug-likeness (QED) is 0.813. The zero-order valence-electron chi connectivity index (χ0n) is 15.3. The summed E-state index contributed by atoms with van der Waals surface area (Å²) in [7, 11) is 0. The fraction of sp³-hybridized carbons (Fsp3) is 0.333. The first-order valence-corrected chi connectivity index (χ1v) is 9.29. The lowest BCUT2D eigenvalue weighted by Crippen LogP contribution is -2.45. The lowest BCUT2D eigenvalue weighted by atomic mass is 10.1. The highest BCUT2D eigenvalue weighted by Gasteiger charge is 2.28. The molecule has 2 heterocycles. The molecule has 0 bridgehead atoms. The van der Waals surface area contributed by atoms with Gasteiger partial charge in [0.15, 0.2) is 6.61 Å². The van der Waals surface area contributed by atoms with Gasteiger partial charge in [-0.25, -0.2) is 4.39 Å². The van der Waals surface area contributed by atoms with Crippen LogP contribution in [0.15, 0.2) is 48.5 Å². The molecule has 0 spiro atoms. The van der Waals surface area contributed by atoms with Crippen LogP contribution in [0.2, 0.25) is 0 Å². The second-order valence-corrected chi connectivity index (χ2v) is 6.80. The summed E-state index contributed by atoms with van der Waals surface area (Å²) in [6.07, 6.45) is -0.0556. The number of hydrogen-bond donors (Lipinski definition) is 0. The first kappa shape index (κ1) is 18.4. The number of hydrogen-bond acceptors (Lipinski definition) is 4. The first-order valence-electron chi connectivity index (χ1n) is 9.29. The van der Waals surface area contributed by atoms with Crippen LogP contribution in [0.4, 0.5) is 10.1 Å². The summed E-state index contributed by atoms with van der Waals surface area (Å²) in [4.78, 5) is 28.3. The molecule has 1 saturated heterocycles. The van der Waals surface area contributed by atoms with Gasteiger partial charge in [0.05, 0.1) is 18.8 Å². The summed E-state index contributed by atoms with van der Waals surface area (Å²) in [6, 6.07) is 13.4. The second kappa shape index (κ2) is 7.98. The third kappa shape index (κ3) is 3.84. The Labute approximate surface area is 162 Å². The largest absolute Gasteiger partial charge is 0.482 e. The smallest absolute Gasteiger partial charge is 0.265 e. The molecule has 2 aromatic rings. The van der Waals surface area contributed by atoms with Gasteiger partial charge in [0, 0.05) is 19.5 Å². The molecule has 6 nitrogen and oxygen atoms in total. The van der Waals surface area contributed by atoms with E-state index in [2.05, 4.69) is 0 Å². The molecule has 0 aliphatic carbocycles. The van der Waals surface area contributed by atoms with Crippen LogP contribution in [0, 0.1) is 5.82 Å². The van der Waals surface area contributed by atoms with Crippen LogP contribution in [0.5, 0.6) is 5.75 Å². The highest BCUT2D eigenvalue weighted by atomic mass is 19.1. The topological polar surface area (TPSA) is 59.1 Å². The number of para-hydroxylation sites is 2. The number of morpholine rings is 1. The predicted molar refractivity (Wildman–Crippen MR) is 101 cm³/mol. The van der Waals surface area contributed by atoms with Gasteiger partial charge < -0.3 is 19.3 Å². The minimum absolute atomic E-state index is 0.0185. The average Bonchev–Trinajstić information content (AvgIpc) is 2.73. The van der Waals surface area contributed by atoms with Crippen molar-refractivity contribution in [2.75, 3.05) is 37.7 Å². The number of benzene rings is 2. The zero-order valence-corrected chi connectivity index (χ0v) is 15.3. The Hall–Kier alpha value is -2.93. The number of amides is 2. The number of rotatable bonds is 4. The fourth-order valence-electron chi connectivity index (χ4n) is 3.52. The van der Waals surface area contributed by atoms with E-state index in [1.807, 2.05) is 24.3 Å². The number of halogens is 1. The van der Waals surface area contributed by atoms with Crippen molar-refractivity contribution in [2.45, 2.75) is 12.5 Å². The minimum atomic E-state index is -0.303. The van der Waals surface area contributed by atoms with E-state index in [0.717, 1.165) is 5.56 Å². The highest BCUT2D eigenvalue weighted by Crippen LogP contribution is 2.31. The fourth-order valence-corrected chi connectivity index (χ4v) is 3.52. The summed E-state index contributed by atoms with van der Waals surface area (Å²) in [5.41, 5.74) is 1.54. The number of nitrogens with zero attached hydrogens (tertiary/aromatic N) is 2. The van der Waals surface area contributed by atoms with Crippen LogP contribution in [-0.4, -0.2) is 49.6 Å². The van der Waals surface area contributed by atoms with Crippen LogP contribution >= 0.6 is 0 Å². The molecule has 0 aromatic heterocycles. The third-order valence-corrected chi connectivity index (χ3v) is 5.02. The maximum absolute atomic E-state index is 13.1. The minimum Gasteiger partial charge on any atom is -0.482 e. The number of carbonyl (C=O) groups excluding carboxylic acids is 2. The molecule has 0 N–H and O–H groups in total. The Morgan fingerprint density at radius 3 is 2.75 bits per heavy atom. The summed E-state index contributed by atoms with van der Waals surface area (Å²) in [5, 5.41) is 0. The van der Waals surface area contributed by atoms with Gasteiger partial charge in [-0.15, -0.1) is 0 Å². The lowest BCUT2D eigenvalue weighted by Gasteiger charge is -2.34. The maximum atomic E-state index is 13.1. The van der Waals surface area contributed by atoms with E-state index in [0.29, 0.717) is 37.7 Å². The van der Waals surface area contributed by atoms with Crippen molar-refractivity contribution >= 4 is 17.5 Å². The number of fused-ring (bicyclic) bond motifs is 1. The van der Waals surface area contributed by atoms with Crippen LogP contribution < -0.4 is 9.64 Å². The van der Waals surface area contributed by atoms with Crippen molar-refractivity contribution < 1.29 is 23.5 Å². The van der Waals surface area contributed by atoms with E-state index in [-0.39, 0.29) is 36.8 Å². The molecule has 146 valence electrons. The summed E-state index contributed by atoms with van der Waals surface area (Å²) in [6.45, 7) is 1.63. The zero-order chi connectivity index (χ0) is 19.5. The SMILES string of the molecule is O=C(CCN1C(=O)COc2ccccc21)N1CCOC(c2ccc(F)cc2)C1. The second-order valence-electron chi connectivity index (χ2n) is 6.80. The molecule has 0 radical (unpaired) electrons. The van der Waals surface area contributed by atoms with Crippen molar-refractivity contribution in [3.63, 3.8) is 0 Å². The van der Waals surface area contributed by atoms with Crippen molar-refractivity contribution in [1.82, 2.24) is 4.90 Å². The number of anilines is 1. The van der Waals surface area contributed by atoms with Crippen LogP contribution in [-0.2, 0) is 14.3 Å². The Kier molecular flexibility index (Phi) is 5.25. The summed E-state index contributed by atoms with van der Waals surface area (Å²) in [5.74, 6) is 0.157. The van der Waals surface area contributed by atoms with E-state index in [9.17, 15) is 14.0 Å². The molecule has 1 unspecified atom stereocenters. The maximum Gasteiger partial charge on any atom is 0.265 e. The highest BCUT2D eigenvalue weighted by molar-refractivity contribution is 5.98.